The first-order valence-electron chi connectivity index (χ1n) is 8.40. The predicted molar refractivity (Wildman–Crippen MR) is 89.4 cm³/mol. The molecule has 0 saturated carbocycles. The minimum atomic E-state index is -5.37. The average molecular weight is 502 g/mol. The molecule has 2 saturated heterocycles. The van der Waals surface area contributed by atoms with Gasteiger partial charge in [-0.05, 0) is 0 Å². The van der Waals surface area contributed by atoms with Gasteiger partial charge < -0.3 is 44.8 Å². The topological polar surface area (TPSA) is 276 Å². The minimum absolute atomic E-state index is 0.878. The van der Waals surface area contributed by atoms with Crippen molar-refractivity contribution in [1.29, 1.82) is 0 Å². The highest BCUT2D eigenvalue weighted by Crippen LogP contribution is 2.31. The summed E-state index contributed by atoms with van der Waals surface area (Å²) in [6, 6.07) is 0. The molecule has 19 heteroatoms. The van der Waals surface area contributed by atoms with Gasteiger partial charge in [0.25, 0.3) is 0 Å². The molecule has 1 unspecified atom stereocenters. The Morgan fingerprint density at radius 2 is 1.16 bits per heavy atom. The SMILES string of the molecule is O=S(=O)(O)O[C@@H]1[C@@H](O)[C@H](O[C@H]2[C@H](O)[C@@H](O)C(O)O[C@@H]2CO)O[C@H](CO)[C@@H]1OS(=O)(=O)O. The van der Waals surface area contributed by atoms with E-state index < -0.39 is 95.4 Å². The monoisotopic (exact) mass is 502 g/mol. The molecule has 2 fully saturated rings. The van der Waals surface area contributed by atoms with E-state index in [1.54, 1.807) is 0 Å². The van der Waals surface area contributed by atoms with Crippen molar-refractivity contribution in [1.82, 2.24) is 0 Å². The second-order valence-corrected chi connectivity index (χ2v) is 8.62. The summed E-state index contributed by atoms with van der Waals surface area (Å²) < 4.78 is 85.7. The molecule has 17 nitrogen and oxygen atoms in total. The van der Waals surface area contributed by atoms with E-state index in [1.807, 2.05) is 0 Å². The summed E-state index contributed by atoms with van der Waals surface area (Å²) in [6.45, 7) is -2.00. The van der Waals surface area contributed by atoms with Crippen LogP contribution in [0.4, 0.5) is 0 Å². The lowest BCUT2D eigenvalue weighted by atomic mass is 9.97. The number of aliphatic hydroxyl groups excluding tert-OH is 6. The third-order valence-corrected chi connectivity index (χ3v) is 5.32. The van der Waals surface area contributed by atoms with Crippen molar-refractivity contribution in [2.45, 2.75) is 61.4 Å². The van der Waals surface area contributed by atoms with Gasteiger partial charge in [-0.2, -0.15) is 16.8 Å². The highest BCUT2D eigenvalue weighted by molar-refractivity contribution is 7.81. The van der Waals surface area contributed by atoms with E-state index in [2.05, 4.69) is 8.37 Å². The van der Waals surface area contributed by atoms with E-state index in [-0.39, 0.29) is 0 Å². The van der Waals surface area contributed by atoms with E-state index in [0.29, 0.717) is 0 Å². The minimum Gasteiger partial charge on any atom is -0.394 e. The van der Waals surface area contributed by atoms with Gasteiger partial charge in [0.05, 0.1) is 13.2 Å². The molecule has 2 rings (SSSR count). The molecule has 184 valence electrons. The summed E-state index contributed by atoms with van der Waals surface area (Å²) in [5.74, 6) is 0. The van der Waals surface area contributed by atoms with Crippen LogP contribution in [-0.4, -0.2) is 131 Å². The van der Waals surface area contributed by atoms with E-state index in [0.717, 1.165) is 0 Å². The summed E-state index contributed by atoms with van der Waals surface area (Å²) in [7, 11) is -10.7. The van der Waals surface area contributed by atoms with Crippen molar-refractivity contribution < 1.29 is 79.2 Å². The van der Waals surface area contributed by atoms with Crippen molar-refractivity contribution in [2.75, 3.05) is 13.2 Å². The Morgan fingerprint density at radius 3 is 1.65 bits per heavy atom. The zero-order valence-electron chi connectivity index (χ0n) is 15.3. The van der Waals surface area contributed by atoms with Gasteiger partial charge in [-0.15, -0.1) is 0 Å². The maximum Gasteiger partial charge on any atom is 0.397 e. The first kappa shape index (κ1) is 26.6. The van der Waals surface area contributed by atoms with Gasteiger partial charge in [0.2, 0.25) is 0 Å². The summed E-state index contributed by atoms with van der Waals surface area (Å²) in [6.07, 6.45) is -19.8. The first-order valence-corrected chi connectivity index (χ1v) is 11.1. The Labute approximate surface area is 175 Å². The first-order chi connectivity index (χ1) is 14.2. The van der Waals surface area contributed by atoms with Crippen LogP contribution in [0.15, 0.2) is 0 Å². The summed E-state index contributed by atoms with van der Waals surface area (Å²) in [5.41, 5.74) is 0. The Kier molecular flexibility index (Phi) is 8.68. The zero-order chi connectivity index (χ0) is 23.7. The van der Waals surface area contributed by atoms with Crippen LogP contribution in [0.25, 0.3) is 0 Å². The summed E-state index contributed by atoms with van der Waals surface area (Å²) >= 11 is 0. The predicted octanol–water partition coefficient (Wildman–Crippen LogP) is -5.74. The van der Waals surface area contributed by atoms with Crippen LogP contribution < -0.4 is 0 Å². The number of hydrogen-bond acceptors (Lipinski definition) is 15. The highest BCUT2D eigenvalue weighted by Gasteiger charge is 2.53. The second-order valence-electron chi connectivity index (χ2n) is 6.52. The summed E-state index contributed by atoms with van der Waals surface area (Å²) in [4.78, 5) is 0. The fraction of sp³-hybridized carbons (Fsp3) is 1.00. The molecule has 0 aromatic rings. The lowest BCUT2D eigenvalue weighted by molar-refractivity contribution is -0.352. The van der Waals surface area contributed by atoms with Gasteiger partial charge in [-0.1, -0.05) is 0 Å². The molecule has 0 aromatic carbocycles. The van der Waals surface area contributed by atoms with Crippen LogP contribution in [-0.2, 0) is 43.4 Å². The Hall–Kier alpha value is -0.620. The van der Waals surface area contributed by atoms with E-state index in [9.17, 15) is 47.5 Å². The largest absolute Gasteiger partial charge is 0.397 e. The Balaban J connectivity index is 2.34. The third kappa shape index (κ3) is 6.69. The number of hydrogen-bond donors (Lipinski definition) is 8. The van der Waals surface area contributed by atoms with Crippen molar-refractivity contribution in [3.05, 3.63) is 0 Å². The van der Waals surface area contributed by atoms with Gasteiger partial charge in [0.15, 0.2) is 12.6 Å². The van der Waals surface area contributed by atoms with Crippen molar-refractivity contribution >= 4 is 20.8 Å². The Morgan fingerprint density at radius 1 is 0.677 bits per heavy atom. The van der Waals surface area contributed by atoms with Crippen LogP contribution >= 0.6 is 0 Å². The van der Waals surface area contributed by atoms with E-state index >= 15 is 0 Å². The lowest BCUT2D eigenvalue weighted by Gasteiger charge is -2.46. The van der Waals surface area contributed by atoms with Crippen LogP contribution in [0.3, 0.4) is 0 Å². The molecule has 31 heavy (non-hydrogen) atoms. The van der Waals surface area contributed by atoms with Crippen LogP contribution in [0.5, 0.6) is 0 Å². The van der Waals surface area contributed by atoms with Crippen LogP contribution in [0.2, 0.25) is 0 Å². The van der Waals surface area contributed by atoms with Crippen molar-refractivity contribution in [3.8, 4) is 0 Å². The van der Waals surface area contributed by atoms with Crippen LogP contribution in [0, 0.1) is 0 Å². The fourth-order valence-corrected chi connectivity index (χ4v) is 4.07. The zero-order valence-corrected chi connectivity index (χ0v) is 16.9. The molecule has 0 amide bonds. The van der Waals surface area contributed by atoms with Gasteiger partial charge in [-0.25, -0.2) is 8.37 Å². The molecule has 2 heterocycles. The van der Waals surface area contributed by atoms with E-state index in [1.165, 1.54) is 0 Å². The van der Waals surface area contributed by atoms with Crippen molar-refractivity contribution in [2.24, 2.45) is 0 Å². The molecule has 10 atom stereocenters. The lowest BCUT2D eigenvalue weighted by Crippen LogP contribution is -2.65. The number of rotatable bonds is 8. The normalized spacial score (nSPS) is 42.5. The third-order valence-electron chi connectivity index (χ3n) is 4.39. The smallest absolute Gasteiger partial charge is 0.394 e. The molecule has 8 N–H and O–H groups in total. The quantitative estimate of drug-likeness (QED) is 0.143. The highest BCUT2D eigenvalue weighted by atomic mass is 32.3. The maximum atomic E-state index is 11.1. The molecular weight excluding hydrogens is 480 g/mol. The van der Waals surface area contributed by atoms with Gasteiger partial charge in [0.1, 0.15) is 48.8 Å². The van der Waals surface area contributed by atoms with Gasteiger partial charge in [0, 0.05) is 0 Å². The number of aliphatic hydroxyl groups is 6. The molecule has 2 aliphatic heterocycles. The molecular formula is C12H22O17S2. The standard InChI is InChI=1S/C12H22O17S2/c13-1-3-8(5(15)6(16)11(18)25-3)27-12-7(17)10(29-31(22,23)24)9(4(2-14)26-12)28-30(19,20)21/h3-18H,1-2H2,(H,19,20,21)(H,22,23,24)/t3-,4-,5-,6-,7-,8-,9+,10-,11?,12+/m1/s1. The molecule has 2 aliphatic rings. The molecule has 0 radical (unpaired) electrons. The van der Waals surface area contributed by atoms with E-state index in [4.69, 9.17) is 23.3 Å². The molecule has 0 aromatic heterocycles. The fourth-order valence-electron chi connectivity index (χ4n) is 3.05. The second kappa shape index (κ2) is 10.1. The molecule has 0 bridgehead atoms. The maximum absolute atomic E-state index is 11.1. The Bertz CT molecular complexity index is 798. The molecule has 0 spiro atoms. The van der Waals surface area contributed by atoms with Gasteiger partial charge >= 0.3 is 20.8 Å². The van der Waals surface area contributed by atoms with Crippen LogP contribution in [0.1, 0.15) is 0 Å². The van der Waals surface area contributed by atoms with Gasteiger partial charge in [-0.3, -0.25) is 9.11 Å². The van der Waals surface area contributed by atoms with Crippen molar-refractivity contribution in [3.63, 3.8) is 0 Å². The molecule has 0 aliphatic carbocycles. The number of ether oxygens (including phenoxy) is 3. The summed E-state index contributed by atoms with van der Waals surface area (Å²) in [5, 5.41) is 58.5. The average Bonchev–Trinajstić information content (AvgIpc) is 2.64.